The standard InChI is InChI=1S/C12H11N3/c1-9-6-14-15-7-10(2-3-11(9)15)12(8-13)4-5-12/h2-3,6-7H,4-5H2,1H3. The van der Waals surface area contributed by atoms with Crippen LogP contribution in [-0.2, 0) is 5.41 Å². The number of hydrogen-bond acceptors (Lipinski definition) is 2. The van der Waals surface area contributed by atoms with Crippen molar-refractivity contribution >= 4 is 5.52 Å². The van der Waals surface area contributed by atoms with Crippen molar-refractivity contribution in [2.24, 2.45) is 0 Å². The summed E-state index contributed by atoms with van der Waals surface area (Å²) in [6.45, 7) is 2.04. The lowest BCUT2D eigenvalue weighted by Gasteiger charge is -2.06. The van der Waals surface area contributed by atoms with Gasteiger partial charge in [-0.1, -0.05) is 6.07 Å². The van der Waals surface area contributed by atoms with E-state index in [2.05, 4.69) is 23.3 Å². The molecule has 0 atom stereocenters. The van der Waals surface area contributed by atoms with E-state index in [1.54, 1.807) is 0 Å². The molecule has 1 aliphatic rings. The van der Waals surface area contributed by atoms with Gasteiger partial charge in [0.25, 0.3) is 0 Å². The Hall–Kier alpha value is -1.82. The van der Waals surface area contributed by atoms with E-state index >= 15 is 0 Å². The van der Waals surface area contributed by atoms with Crippen LogP contribution < -0.4 is 0 Å². The zero-order valence-corrected chi connectivity index (χ0v) is 8.57. The van der Waals surface area contributed by atoms with Gasteiger partial charge in [0, 0.05) is 6.20 Å². The first-order chi connectivity index (χ1) is 7.25. The van der Waals surface area contributed by atoms with Crippen LogP contribution in [0.4, 0.5) is 0 Å². The highest BCUT2D eigenvalue weighted by Crippen LogP contribution is 2.47. The fraction of sp³-hybridized carbons (Fsp3) is 0.333. The second kappa shape index (κ2) is 2.60. The molecule has 0 saturated heterocycles. The molecule has 0 aromatic carbocycles. The van der Waals surface area contributed by atoms with Crippen LogP contribution in [0.5, 0.6) is 0 Å². The van der Waals surface area contributed by atoms with E-state index in [4.69, 9.17) is 5.26 Å². The molecule has 0 N–H and O–H groups in total. The van der Waals surface area contributed by atoms with E-state index in [9.17, 15) is 0 Å². The number of nitrogens with zero attached hydrogens (tertiary/aromatic N) is 3. The van der Waals surface area contributed by atoms with Gasteiger partial charge in [-0.2, -0.15) is 10.4 Å². The molecule has 0 unspecified atom stereocenters. The number of nitriles is 1. The van der Waals surface area contributed by atoms with E-state index in [1.807, 2.05) is 23.8 Å². The van der Waals surface area contributed by atoms with Crippen molar-refractivity contribution in [2.45, 2.75) is 25.2 Å². The van der Waals surface area contributed by atoms with Gasteiger partial charge in [-0.3, -0.25) is 0 Å². The van der Waals surface area contributed by atoms with Crippen molar-refractivity contribution in [1.82, 2.24) is 9.61 Å². The molecule has 3 heteroatoms. The number of pyridine rings is 1. The molecule has 74 valence electrons. The van der Waals surface area contributed by atoms with Crippen LogP contribution in [0.3, 0.4) is 0 Å². The minimum Gasteiger partial charge on any atom is -0.240 e. The molecule has 1 saturated carbocycles. The minimum atomic E-state index is -0.214. The average Bonchev–Trinajstić information content (AvgIpc) is 2.99. The van der Waals surface area contributed by atoms with Crippen molar-refractivity contribution in [3.8, 4) is 6.07 Å². The van der Waals surface area contributed by atoms with Crippen LogP contribution in [0, 0.1) is 18.3 Å². The molecule has 3 rings (SSSR count). The second-order valence-corrected chi connectivity index (χ2v) is 4.27. The number of aromatic nitrogens is 2. The van der Waals surface area contributed by atoms with Crippen LogP contribution in [0.1, 0.15) is 24.0 Å². The molecule has 0 aliphatic heterocycles. The molecule has 0 bridgehead atoms. The average molecular weight is 197 g/mol. The number of rotatable bonds is 1. The quantitative estimate of drug-likeness (QED) is 0.703. The predicted molar refractivity (Wildman–Crippen MR) is 56.5 cm³/mol. The van der Waals surface area contributed by atoms with Crippen LogP contribution in [0.15, 0.2) is 24.5 Å². The highest BCUT2D eigenvalue weighted by Gasteiger charge is 2.45. The summed E-state index contributed by atoms with van der Waals surface area (Å²) in [6.07, 6.45) is 5.80. The Morgan fingerprint density at radius 1 is 1.47 bits per heavy atom. The molecule has 0 amide bonds. The van der Waals surface area contributed by atoms with E-state index in [0.29, 0.717) is 0 Å². The highest BCUT2D eigenvalue weighted by atomic mass is 15.2. The zero-order chi connectivity index (χ0) is 10.5. The van der Waals surface area contributed by atoms with E-state index < -0.39 is 0 Å². The van der Waals surface area contributed by atoms with Gasteiger partial charge in [0.05, 0.1) is 23.2 Å². The monoisotopic (exact) mass is 197 g/mol. The Balaban J connectivity index is 2.20. The van der Waals surface area contributed by atoms with Crippen molar-refractivity contribution in [3.63, 3.8) is 0 Å². The fourth-order valence-electron chi connectivity index (χ4n) is 1.99. The summed E-state index contributed by atoms with van der Waals surface area (Å²) in [5.41, 5.74) is 3.17. The Bertz CT molecular complexity index is 570. The lowest BCUT2D eigenvalue weighted by Crippen LogP contribution is -2.04. The van der Waals surface area contributed by atoms with Crippen molar-refractivity contribution in [3.05, 3.63) is 35.7 Å². The second-order valence-electron chi connectivity index (χ2n) is 4.27. The third-order valence-corrected chi connectivity index (χ3v) is 3.23. The lowest BCUT2D eigenvalue weighted by atomic mass is 10.00. The normalized spacial score (nSPS) is 17.6. The molecule has 2 heterocycles. The lowest BCUT2D eigenvalue weighted by molar-refractivity contribution is 0.862. The predicted octanol–water partition coefficient (Wildman–Crippen LogP) is 2.20. The summed E-state index contributed by atoms with van der Waals surface area (Å²) >= 11 is 0. The molecule has 0 spiro atoms. The number of hydrogen-bond donors (Lipinski definition) is 0. The molecular formula is C12H11N3. The van der Waals surface area contributed by atoms with Gasteiger partial charge in [0.15, 0.2) is 0 Å². The minimum absolute atomic E-state index is 0.214. The Labute approximate surface area is 87.9 Å². The fourth-order valence-corrected chi connectivity index (χ4v) is 1.99. The van der Waals surface area contributed by atoms with Crippen LogP contribution in [0.25, 0.3) is 5.52 Å². The summed E-state index contributed by atoms with van der Waals surface area (Å²) in [4.78, 5) is 0. The van der Waals surface area contributed by atoms with Gasteiger partial charge in [-0.05, 0) is 37.0 Å². The highest BCUT2D eigenvalue weighted by molar-refractivity contribution is 5.55. The van der Waals surface area contributed by atoms with Crippen molar-refractivity contribution in [2.75, 3.05) is 0 Å². The Morgan fingerprint density at radius 2 is 2.27 bits per heavy atom. The van der Waals surface area contributed by atoms with Gasteiger partial charge in [0.1, 0.15) is 0 Å². The first kappa shape index (κ1) is 8.49. The summed E-state index contributed by atoms with van der Waals surface area (Å²) in [7, 11) is 0. The number of fused-ring (bicyclic) bond motifs is 1. The topological polar surface area (TPSA) is 41.1 Å². The molecule has 2 aromatic rings. The molecule has 15 heavy (non-hydrogen) atoms. The molecule has 1 fully saturated rings. The maximum Gasteiger partial charge on any atom is 0.0838 e. The van der Waals surface area contributed by atoms with Crippen LogP contribution >= 0.6 is 0 Å². The third-order valence-electron chi connectivity index (χ3n) is 3.23. The summed E-state index contributed by atoms with van der Waals surface area (Å²) in [5.74, 6) is 0. The molecule has 3 nitrogen and oxygen atoms in total. The van der Waals surface area contributed by atoms with Gasteiger partial charge in [-0.25, -0.2) is 4.52 Å². The van der Waals surface area contributed by atoms with Gasteiger partial charge >= 0.3 is 0 Å². The summed E-state index contributed by atoms with van der Waals surface area (Å²) in [6, 6.07) is 6.51. The van der Waals surface area contributed by atoms with E-state index in [0.717, 1.165) is 23.9 Å². The SMILES string of the molecule is Cc1cnn2cc(C3(C#N)CC3)ccc12. The Kier molecular flexibility index (Phi) is 1.47. The maximum atomic E-state index is 9.11. The van der Waals surface area contributed by atoms with Gasteiger partial charge in [-0.15, -0.1) is 0 Å². The van der Waals surface area contributed by atoms with E-state index in [1.165, 1.54) is 5.56 Å². The molecular weight excluding hydrogens is 186 g/mol. The molecule has 2 aromatic heterocycles. The zero-order valence-electron chi connectivity index (χ0n) is 8.57. The van der Waals surface area contributed by atoms with Crippen LogP contribution in [0.2, 0.25) is 0 Å². The molecule has 0 radical (unpaired) electrons. The summed E-state index contributed by atoms with van der Waals surface area (Å²) in [5, 5.41) is 13.4. The van der Waals surface area contributed by atoms with Crippen LogP contribution in [-0.4, -0.2) is 9.61 Å². The summed E-state index contributed by atoms with van der Waals surface area (Å²) < 4.78 is 1.86. The smallest absolute Gasteiger partial charge is 0.0838 e. The van der Waals surface area contributed by atoms with Crippen molar-refractivity contribution in [1.29, 1.82) is 5.26 Å². The maximum absolute atomic E-state index is 9.11. The largest absolute Gasteiger partial charge is 0.240 e. The number of aryl methyl sites for hydroxylation is 1. The Morgan fingerprint density at radius 3 is 2.93 bits per heavy atom. The van der Waals surface area contributed by atoms with Gasteiger partial charge in [0.2, 0.25) is 0 Å². The van der Waals surface area contributed by atoms with Crippen molar-refractivity contribution < 1.29 is 0 Å². The van der Waals surface area contributed by atoms with Gasteiger partial charge < -0.3 is 0 Å². The first-order valence-electron chi connectivity index (χ1n) is 5.11. The van der Waals surface area contributed by atoms with E-state index in [-0.39, 0.29) is 5.41 Å². The first-order valence-corrected chi connectivity index (χ1v) is 5.11. The molecule has 1 aliphatic carbocycles. The third kappa shape index (κ3) is 1.08.